The number of piperazine rings is 1. The molecule has 1 fully saturated rings. The highest BCUT2D eigenvalue weighted by atomic mass is 19.4. The van der Waals surface area contributed by atoms with Gasteiger partial charge >= 0.3 is 6.18 Å². The van der Waals surface area contributed by atoms with Crippen LogP contribution in [0.5, 0.6) is 0 Å². The normalized spacial score (nSPS) is 15.5. The lowest BCUT2D eigenvalue weighted by molar-refractivity contribution is -0.137. The Morgan fingerprint density at radius 2 is 1.79 bits per heavy atom. The van der Waals surface area contributed by atoms with E-state index < -0.39 is 17.6 Å². The molecule has 0 radical (unpaired) electrons. The van der Waals surface area contributed by atoms with Crippen LogP contribution in [0.4, 0.5) is 13.2 Å². The van der Waals surface area contributed by atoms with Gasteiger partial charge in [0.15, 0.2) is 0 Å². The van der Waals surface area contributed by atoms with E-state index in [4.69, 9.17) is 0 Å². The maximum atomic E-state index is 12.4. The van der Waals surface area contributed by atoms with Crippen LogP contribution in [0.15, 0.2) is 30.3 Å². The van der Waals surface area contributed by atoms with Gasteiger partial charge in [0.05, 0.1) is 12.1 Å². The fraction of sp³-hybridized carbons (Fsp3) is 0.375. The molecule has 1 aromatic rings. The third-order valence-corrected chi connectivity index (χ3v) is 3.55. The molecule has 2 amide bonds. The minimum atomic E-state index is -4.38. The average Bonchev–Trinajstić information content (AvgIpc) is 2.58. The Hall–Kier alpha value is -2.35. The zero-order valence-electron chi connectivity index (χ0n) is 12.9. The molecule has 2 N–H and O–H groups in total. The number of halogens is 3. The average molecular weight is 341 g/mol. The van der Waals surface area contributed by atoms with E-state index in [9.17, 15) is 22.8 Å². The molecule has 1 aliphatic heterocycles. The van der Waals surface area contributed by atoms with E-state index in [1.165, 1.54) is 24.3 Å². The van der Waals surface area contributed by atoms with E-state index in [1.54, 1.807) is 4.90 Å². The lowest BCUT2D eigenvalue weighted by Gasteiger charge is -2.27. The SMILES string of the molecule is O=C(/C=C/c1ccc(C(F)(F)F)cc1)NCC(=O)N1CCNCC1. The van der Waals surface area contributed by atoms with Crippen molar-refractivity contribution in [3.8, 4) is 0 Å². The highest BCUT2D eigenvalue weighted by Crippen LogP contribution is 2.29. The molecule has 24 heavy (non-hydrogen) atoms. The molecule has 1 heterocycles. The predicted molar refractivity (Wildman–Crippen MR) is 82.9 cm³/mol. The van der Waals surface area contributed by atoms with E-state index in [0.29, 0.717) is 18.7 Å². The first-order chi connectivity index (χ1) is 11.4. The molecule has 1 aromatic carbocycles. The second-order valence-corrected chi connectivity index (χ2v) is 5.30. The number of carbonyl (C=O) groups is 2. The largest absolute Gasteiger partial charge is 0.416 e. The number of nitrogens with zero attached hydrogens (tertiary/aromatic N) is 1. The van der Waals surface area contributed by atoms with Crippen LogP contribution in [0, 0.1) is 0 Å². The van der Waals surface area contributed by atoms with Crippen molar-refractivity contribution in [3.05, 3.63) is 41.5 Å². The van der Waals surface area contributed by atoms with Crippen molar-refractivity contribution >= 4 is 17.9 Å². The number of benzene rings is 1. The monoisotopic (exact) mass is 341 g/mol. The van der Waals surface area contributed by atoms with Gasteiger partial charge in [0, 0.05) is 32.3 Å². The highest BCUT2D eigenvalue weighted by Gasteiger charge is 2.29. The van der Waals surface area contributed by atoms with Gasteiger partial charge in [0.1, 0.15) is 0 Å². The molecule has 0 bridgehead atoms. The molecule has 2 rings (SSSR count). The standard InChI is InChI=1S/C16H18F3N3O2/c17-16(18,19)13-4-1-12(2-5-13)3-6-14(23)21-11-15(24)22-9-7-20-8-10-22/h1-6,20H,7-11H2,(H,21,23)/b6-3+. The zero-order valence-corrected chi connectivity index (χ0v) is 12.9. The zero-order chi connectivity index (χ0) is 17.6. The molecule has 130 valence electrons. The molecule has 0 atom stereocenters. The van der Waals surface area contributed by atoms with Gasteiger partial charge in [0.2, 0.25) is 11.8 Å². The highest BCUT2D eigenvalue weighted by molar-refractivity contribution is 5.94. The summed E-state index contributed by atoms with van der Waals surface area (Å²) in [6, 6.07) is 4.45. The first-order valence-electron chi connectivity index (χ1n) is 7.48. The van der Waals surface area contributed by atoms with Gasteiger partial charge in [0.25, 0.3) is 0 Å². The van der Waals surface area contributed by atoms with Gasteiger partial charge in [-0.3, -0.25) is 9.59 Å². The Morgan fingerprint density at radius 1 is 1.17 bits per heavy atom. The van der Waals surface area contributed by atoms with E-state index in [-0.39, 0.29) is 12.5 Å². The number of carbonyl (C=O) groups excluding carboxylic acids is 2. The number of alkyl halides is 3. The second-order valence-electron chi connectivity index (χ2n) is 5.30. The summed E-state index contributed by atoms with van der Waals surface area (Å²) < 4.78 is 37.3. The van der Waals surface area contributed by atoms with Gasteiger partial charge < -0.3 is 15.5 Å². The Balaban J connectivity index is 1.81. The molecule has 8 heteroatoms. The molecule has 0 aromatic heterocycles. The summed E-state index contributed by atoms with van der Waals surface area (Å²) >= 11 is 0. The maximum absolute atomic E-state index is 12.4. The number of amides is 2. The third kappa shape index (κ3) is 5.38. The smallest absolute Gasteiger partial charge is 0.343 e. The minimum absolute atomic E-state index is 0.101. The van der Waals surface area contributed by atoms with Crippen LogP contribution in [-0.4, -0.2) is 49.4 Å². The lowest BCUT2D eigenvalue weighted by Crippen LogP contribution is -2.49. The van der Waals surface area contributed by atoms with Crippen molar-refractivity contribution in [1.29, 1.82) is 0 Å². The Kier molecular flexibility index (Phi) is 5.97. The summed E-state index contributed by atoms with van der Waals surface area (Å²) in [5.41, 5.74) is -0.280. The second kappa shape index (κ2) is 7.96. The fourth-order valence-corrected chi connectivity index (χ4v) is 2.20. The third-order valence-electron chi connectivity index (χ3n) is 3.55. The van der Waals surface area contributed by atoms with Crippen LogP contribution in [0.3, 0.4) is 0 Å². The van der Waals surface area contributed by atoms with Crippen molar-refractivity contribution in [2.75, 3.05) is 32.7 Å². The number of hydrogen-bond acceptors (Lipinski definition) is 3. The van der Waals surface area contributed by atoms with Crippen molar-refractivity contribution in [3.63, 3.8) is 0 Å². The Labute approximate surface area is 137 Å². The summed E-state index contributed by atoms with van der Waals surface area (Å²) in [4.78, 5) is 25.2. The van der Waals surface area contributed by atoms with Crippen molar-refractivity contribution in [2.24, 2.45) is 0 Å². The first-order valence-corrected chi connectivity index (χ1v) is 7.48. The van der Waals surface area contributed by atoms with Crippen molar-refractivity contribution in [2.45, 2.75) is 6.18 Å². The fourth-order valence-electron chi connectivity index (χ4n) is 2.20. The summed E-state index contributed by atoms with van der Waals surface area (Å²) in [7, 11) is 0. The minimum Gasteiger partial charge on any atom is -0.343 e. The van der Waals surface area contributed by atoms with E-state index >= 15 is 0 Å². The Morgan fingerprint density at radius 3 is 2.38 bits per heavy atom. The van der Waals surface area contributed by atoms with Crippen LogP contribution in [0.2, 0.25) is 0 Å². The van der Waals surface area contributed by atoms with Gasteiger partial charge in [-0.25, -0.2) is 0 Å². The molecular weight excluding hydrogens is 323 g/mol. The number of rotatable bonds is 4. The van der Waals surface area contributed by atoms with Crippen LogP contribution in [0.25, 0.3) is 6.08 Å². The van der Waals surface area contributed by atoms with Crippen LogP contribution < -0.4 is 10.6 Å². The molecule has 1 saturated heterocycles. The van der Waals surface area contributed by atoms with Gasteiger partial charge in [-0.1, -0.05) is 12.1 Å². The maximum Gasteiger partial charge on any atom is 0.416 e. The van der Waals surface area contributed by atoms with Crippen molar-refractivity contribution < 1.29 is 22.8 Å². The van der Waals surface area contributed by atoms with E-state index in [0.717, 1.165) is 25.2 Å². The quantitative estimate of drug-likeness (QED) is 0.811. The van der Waals surface area contributed by atoms with Gasteiger partial charge in [-0.05, 0) is 23.8 Å². The summed E-state index contributed by atoms with van der Waals surface area (Å²) in [6.45, 7) is 2.57. The summed E-state index contributed by atoms with van der Waals surface area (Å²) in [6.07, 6.45) is -1.80. The number of hydrogen-bond donors (Lipinski definition) is 2. The molecule has 0 aliphatic carbocycles. The molecule has 5 nitrogen and oxygen atoms in total. The molecule has 0 unspecified atom stereocenters. The first kappa shape index (κ1) is 18.0. The lowest BCUT2D eigenvalue weighted by atomic mass is 10.1. The molecule has 0 saturated carbocycles. The topological polar surface area (TPSA) is 61.4 Å². The van der Waals surface area contributed by atoms with Crippen LogP contribution in [-0.2, 0) is 15.8 Å². The van der Waals surface area contributed by atoms with Crippen LogP contribution >= 0.6 is 0 Å². The summed E-state index contributed by atoms with van der Waals surface area (Å²) in [5, 5.41) is 5.59. The molecule has 1 aliphatic rings. The van der Waals surface area contributed by atoms with Gasteiger partial charge in [-0.15, -0.1) is 0 Å². The number of nitrogens with one attached hydrogen (secondary N) is 2. The summed E-state index contributed by atoms with van der Waals surface area (Å²) in [5.74, 6) is -0.633. The molecular formula is C16H18F3N3O2. The molecule has 0 spiro atoms. The van der Waals surface area contributed by atoms with E-state index in [1.807, 2.05) is 0 Å². The van der Waals surface area contributed by atoms with Gasteiger partial charge in [-0.2, -0.15) is 13.2 Å². The van der Waals surface area contributed by atoms with Crippen LogP contribution in [0.1, 0.15) is 11.1 Å². The van der Waals surface area contributed by atoms with E-state index in [2.05, 4.69) is 10.6 Å². The van der Waals surface area contributed by atoms with Crippen molar-refractivity contribution in [1.82, 2.24) is 15.5 Å². The Bertz CT molecular complexity index is 606. The predicted octanol–water partition coefficient (Wildman–Crippen LogP) is 1.27.